The van der Waals surface area contributed by atoms with Gasteiger partial charge in [0.2, 0.25) is 0 Å². The van der Waals surface area contributed by atoms with Crippen LogP contribution in [0.3, 0.4) is 0 Å². The molecule has 4 aromatic carbocycles. The lowest BCUT2D eigenvalue weighted by atomic mass is 9.96. The predicted octanol–water partition coefficient (Wildman–Crippen LogP) is 8.05. The van der Waals surface area contributed by atoms with Gasteiger partial charge in [-0.25, -0.2) is 9.97 Å². The molecule has 8 rings (SSSR count). The van der Waals surface area contributed by atoms with Crippen LogP contribution in [0.1, 0.15) is 18.6 Å². The van der Waals surface area contributed by atoms with E-state index in [1.165, 1.54) is 47.5 Å². The number of aromatic amines is 2. The molecule has 5 nitrogen and oxygen atoms in total. The topological polar surface area (TPSA) is 70.2 Å². The predicted molar refractivity (Wildman–Crippen MR) is 151 cm³/mol. The van der Waals surface area contributed by atoms with Crippen molar-refractivity contribution in [3.63, 3.8) is 0 Å². The molecule has 8 aromatic rings. The zero-order chi connectivity index (χ0) is 24.0. The molecule has 0 saturated heterocycles. The molecule has 6 heteroatoms. The van der Waals surface area contributed by atoms with Crippen LogP contribution in [0.15, 0.2) is 67.0 Å². The molecule has 0 aliphatic heterocycles. The van der Waals surface area contributed by atoms with E-state index in [4.69, 9.17) is 9.97 Å². The molecule has 0 unspecified atom stereocenters. The second-order valence-corrected chi connectivity index (χ2v) is 10.5. The van der Waals surface area contributed by atoms with Gasteiger partial charge in [-0.05, 0) is 59.2 Å². The van der Waals surface area contributed by atoms with E-state index < -0.39 is 0 Å². The number of benzene rings is 4. The highest BCUT2D eigenvalue weighted by molar-refractivity contribution is 7.25. The van der Waals surface area contributed by atoms with E-state index in [-0.39, 0.29) is 0 Å². The first kappa shape index (κ1) is 20.0. The molecule has 4 heterocycles. The van der Waals surface area contributed by atoms with Crippen molar-refractivity contribution in [3.8, 4) is 11.1 Å². The van der Waals surface area contributed by atoms with Crippen molar-refractivity contribution in [3.05, 3.63) is 78.6 Å². The van der Waals surface area contributed by atoms with Gasteiger partial charge in [-0.2, -0.15) is 0 Å². The number of fused-ring (bicyclic) bond motifs is 10. The fraction of sp³-hybridized carbons (Fsp3) is 0.100. The maximum atomic E-state index is 4.75. The molecule has 2 N–H and O–H groups in total. The summed E-state index contributed by atoms with van der Waals surface area (Å²) < 4.78 is 2.57. The van der Waals surface area contributed by atoms with E-state index in [1.807, 2.05) is 30.7 Å². The summed E-state index contributed by atoms with van der Waals surface area (Å²) in [5.74, 6) is 1.95. The average Bonchev–Trinajstić information content (AvgIpc) is 3.60. The van der Waals surface area contributed by atoms with Crippen LogP contribution in [-0.2, 0) is 6.42 Å². The maximum absolute atomic E-state index is 4.75. The summed E-state index contributed by atoms with van der Waals surface area (Å²) in [6.45, 7) is 4.13. The second-order valence-electron chi connectivity index (χ2n) is 9.44. The van der Waals surface area contributed by atoms with Crippen LogP contribution < -0.4 is 0 Å². The normalized spacial score (nSPS) is 12.3. The summed E-state index contributed by atoms with van der Waals surface area (Å²) in [7, 11) is 0. The molecule has 0 radical (unpaired) electrons. The highest BCUT2D eigenvalue weighted by Crippen LogP contribution is 2.40. The van der Waals surface area contributed by atoms with Crippen LogP contribution in [0.4, 0.5) is 0 Å². The minimum Gasteiger partial charge on any atom is -0.342 e. The SMILES string of the molecule is CCc1nc2cc3sc4cc(-c5ccc6c(c5)c5ccncc5c5nc(C)[nH]c65)ccc4c3cc2[nH]1. The van der Waals surface area contributed by atoms with Crippen LogP contribution in [0, 0.1) is 6.92 Å². The van der Waals surface area contributed by atoms with Gasteiger partial charge >= 0.3 is 0 Å². The van der Waals surface area contributed by atoms with Gasteiger partial charge in [-0.1, -0.05) is 31.2 Å². The Morgan fingerprint density at radius 1 is 0.750 bits per heavy atom. The standard InChI is InChI=1S/C30H21N5S/c1-3-28-34-24-12-22-19-6-4-17(11-26(19)36-27(22)13-25(24)35-28)16-5-7-20-21(10-16)18-8-9-31-14-23(18)30-29(20)32-15(2)33-30/h4-14H,3H2,1-2H3,(H,32,33)(H,34,35). The van der Waals surface area contributed by atoms with E-state index in [0.717, 1.165) is 45.5 Å². The molecule has 0 aliphatic rings. The molecular weight excluding hydrogens is 462 g/mol. The lowest BCUT2D eigenvalue weighted by Crippen LogP contribution is -1.85. The number of imidazole rings is 2. The Labute approximate surface area is 209 Å². The number of rotatable bonds is 2. The Morgan fingerprint density at radius 2 is 1.58 bits per heavy atom. The zero-order valence-corrected chi connectivity index (χ0v) is 20.6. The summed E-state index contributed by atoms with van der Waals surface area (Å²) in [4.78, 5) is 20.8. The van der Waals surface area contributed by atoms with Crippen molar-refractivity contribution >= 4 is 75.1 Å². The summed E-state index contributed by atoms with van der Waals surface area (Å²) in [5.41, 5.74) is 6.64. The monoisotopic (exact) mass is 483 g/mol. The third-order valence-electron chi connectivity index (χ3n) is 7.27. The molecule has 172 valence electrons. The van der Waals surface area contributed by atoms with Crippen LogP contribution in [0.2, 0.25) is 0 Å². The lowest BCUT2D eigenvalue weighted by Gasteiger charge is -2.09. The van der Waals surface area contributed by atoms with Crippen molar-refractivity contribution in [1.82, 2.24) is 24.9 Å². The van der Waals surface area contributed by atoms with Gasteiger partial charge in [-0.3, -0.25) is 4.98 Å². The van der Waals surface area contributed by atoms with Crippen molar-refractivity contribution in [1.29, 1.82) is 0 Å². The van der Waals surface area contributed by atoms with Crippen LogP contribution >= 0.6 is 11.3 Å². The fourth-order valence-corrected chi connectivity index (χ4v) is 6.70. The Bertz CT molecular complexity index is 2160. The number of thiophene rings is 1. The van der Waals surface area contributed by atoms with Crippen molar-refractivity contribution in [2.24, 2.45) is 0 Å². The minimum atomic E-state index is 0.912. The number of aromatic nitrogens is 5. The molecule has 4 aromatic heterocycles. The second kappa shape index (κ2) is 7.12. The van der Waals surface area contributed by atoms with Gasteiger partial charge in [0.1, 0.15) is 11.6 Å². The first-order chi connectivity index (χ1) is 17.7. The molecule has 0 aliphatic carbocycles. The van der Waals surface area contributed by atoms with Crippen LogP contribution in [0.5, 0.6) is 0 Å². The third-order valence-corrected chi connectivity index (χ3v) is 8.39. The van der Waals surface area contributed by atoms with Gasteiger partial charge < -0.3 is 9.97 Å². The van der Waals surface area contributed by atoms with Crippen molar-refractivity contribution in [2.45, 2.75) is 20.3 Å². The summed E-state index contributed by atoms with van der Waals surface area (Å²) in [6, 6.07) is 20.1. The molecule has 36 heavy (non-hydrogen) atoms. The van der Waals surface area contributed by atoms with Crippen LogP contribution in [0.25, 0.3) is 74.9 Å². The van der Waals surface area contributed by atoms with Gasteiger partial charge in [0.15, 0.2) is 0 Å². The van der Waals surface area contributed by atoms with Crippen molar-refractivity contribution < 1.29 is 0 Å². The van der Waals surface area contributed by atoms with E-state index in [0.29, 0.717) is 0 Å². The Hall–Kier alpha value is -4.29. The zero-order valence-electron chi connectivity index (χ0n) is 19.8. The Morgan fingerprint density at radius 3 is 2.47 bits per heavy atom. The number of nitrogens with one attached hydrogen (secondary N) is 2. The quantitative estimate of drug-likeness (QED) is 0.244. The average molecular weight is 484 g/mol. The minimum absolute atomic E-state index is 0.912. The van der Waals surface area contributed by atoms with Crippen LogP contribution in [-0.4, -0.2) is 24.9 Å². The van der Waals surface area contributed by atoms with Gasteiger partial charge in [0.05, 0.1) is 22.1 Å². The number of H-pyrrole nitrogens is 2. The number of hydrogen-bond donors (Lipinski definition) is 2. The van der Waals surface area contributed by atoms with Gasteiger partial charge in [0, 0.05) is 49.8 Å². The summed E-state index contributed by atoms with van der Waals surface area (Å²) in [5, 5.41) is 7.24. The lowest BCUT2D eigenvalue weighted by molar-refractivity contribution is 1.00. The van der Waals surface area contributed by atoms with E-state index >= 15 is 0 Å². The van der Waals surface area contributed by atoms with E-state index in [1.54, 1.807) is 0 Å². The smallest absolute Gasteiger partial charge is 0.106 e. The fourth-order valence-electron chi connectivity index (χ4n) is 5.54. The molecule has 0 saturated carbocycles. The molecule has 0 atom stereocenters. The number of pyridine rings is 1. The first-order valence-electron chi connectivity index (χ1n) is 12.2. The molecule has 0 spiro atoms. The third kappa shape index (κ3) is 2.73. The largest absolute Gasteiger partial charge is 0.342 e. The molecule has 0 bridgehead atoms. The maximum Gasteiger partial charge on any atom is 0.106 e. The van der Waals surface area contributed by atoms with Gasteiger partial charge in [-0.15, -0.1) is 11.3 Å². The van der Waals surface area contributed by atoms with Crippen molar-refractivity contribution in [2.75, 3.05) is 0 Å². The number of hydrogen-bond acceptors (Lipinski definition) is 4. The number of aryl methyl sites for hydroxylation is 2. The molecule has 0 amide bonds. The Kier molecular flexibility index (Phi) is 3.95. The summed E-state index contributed by atoms with van der Waals surface area (Å²) >= 11 is 1.84. The number of nitrogens with zero attached hydrogens (tertiary/aromatic N) is 3. The molecule has 0 fully saturated rings. The Balaban J connectivity index is 1.34. The molecular formula is C30H21N5S. The summed E-state index contributed by atoms with van der Waals surface area (Å²) in [6.07, 6.45) is 4.70. The first-order valence-corrected chi connectivity index (χ1v) is 13.0. The highest BCUT2D eigenvalue weighted by atomic mass is 32.1. The van der Waals surface area contributed by atoms with Gasteiger partial charge in [0.25, 0.3) is 0 Å². The van der Waals surface area contributed by atoms with E-state index in [2.05, 4.69) is 76.5 Å². The highest BCUT2D eigenvalue weighted by Gasteiger charge is 2.14. The van der Waals surface area contributed by atoms with E-state index in [9.17, 15) is 0 Å².